The molecule has 2 atom stereocenters. The van der Waals surface area contributed by atoms with Gasteiger partial charge in [0, 0.05) is 17.4 Å². The smallest absolute Gasteiger partial charge is 0.166 e. The molecule has 0 saturated carbocycles. The van der Waals surface area contributed by atoms with Gasteiger partial charge in [-0.05, 0) is 38.9 Å². The van der Waals surface area contributed by atoms with E-state index >= 15 is 0 Å². The molecule has 1 heterocycles. The van der Waals surface area contributed by atoms with Crippen molar-refractivity contribution in [3.8, 4) is 5.75 Å². The highest BCUT2D eigenvalue weighted by molar-refractivity contribution is 7.99. The van der Waals surface area contributed by atoms with Crippen molar-refractivity contribution in [3.63, 3.8) is 0 Å². The highest BCUT2D eigenvalue weighted by atomic mass is 32.2. The third kappa shape index (κ3) is 4.38. The number of thioether (sulfide) groups is 1. The highest BCUT2D eigenvalue weighted by Crippen LogP contribution is 2.27. The van der Waals surface area contributed by atoms with Gasteiger partial charge in [0.25, 0.3) is 0 Å². The minimum absolute atomic E-state index is 0.460. The predicted molar refractivity (Wildman–Crippen MR) is 90.3 cm³/mol. The molecule has 1 aromatic heterocycles. The Morgan fingerprint density at radius 2 is 2.14 bits per heavy atom. The second-order valence-corrected chi connectivity index (χ2v) is 6.59. The van der Waals surface area contributed by atoms with Crippen LogP contribution in [0.3, 0.4) is 0 Å². The molecule has 116 valence electrons. The van der Waals surface area contributed by atoms with Crippen molar-refractivity contribution in [3.05, 3.63) is 18.2 Å². The lowest BCUT2D eigenvalue weighted by atomic mass is 10.2. The van der Waals surface area contributed by atoms with Gasteiger partial charge in [-0.25, -0.2) is 4.98 Å². The zero-order valence-corrected chi connectivity index (χ0v) is 14.1. The zero-order chi connectivity index (χ0) is 15.2. The van der Waals surface area contributed by atoms with E-state index < -0.39 is 0 Å². The van der Waals surface area contributed by atoms with E-state index in [4.69, 9.17) is 4.74 Å². The Bertz CT molecular complexity index is 570. The molecule has 0 bridgehead atoms. The van der Waals surface area contributed by atoms with Gasteiger partial charge in [-0.3, -0.25) is 0 Å². The number of nitrogens with zero attached hydrogens (tertiary/aromatic N) is 1. The minimum atomic E-state index is 0.460. The molecule has 5 heteroatoms. The topological polar surface area (TPSA) is 49.9 Å². The van der Waals surface area contributed by atoms with E-state index in [0.717, 1.165) is 34.9 Å². The molecule has 21 heavy (non-hydrogen) atoms. The van der Waals surface area contributed by atoms with Crippen molar-refractivity contribution in [1.82, 2.24) is 15.3 Å². The van der Waals surface area contributed by atoms with Crippen LogP contribution in [0.15, 0.2) is 23.4 Å². The van der Waals surface area contributed by atoms with Gasteiger partial charge in [0.1, 0.15) is 5.75 Å². The summed E-state index contributed by atoms with van der Waals surface area (Å²) in [7, 11) is 0. The number of rotatable bonds is 8. The van der Waals surface area contributed by atoms with Gasteiger partial charge in [-0.1, -0.05) is 25.6 Å². The molecule has 0 saturated heterocycles. The number of hydrogen-bond donors (Lipinski definition) is 2. The number of imidazole rings is 1. The standard InChI is InChI=1S/C16H25N3OS/c1-5-9-17-11(3)12(4)21-16-18-14-8-7-13(20-6-2)10-15(14)19-16/h7-8,10-12,17H,5-6,9H2,1-4H3,(H,18,19). The van der Waals surface area contributed by atoms with E-state index in [2.05, 4.69) is 36.1 Å². The summed E-state index contributed by atoms with van der Waals surface area (Å²) in [5, 5.41) is 4.96. The largest absolute Gasteiger partial charge is 0.494 e. The minimum Gasteiger partial charge on any atom is -0.494 e. The van der Waals surface area contributed by atoms with Crippen LogP contribution in [0.2, 0.25) is 0 Å². The van der Waals surface area contributed by atoms with Crippen LogP contribution >= 0.6 is 11.8 Å². The SMILES string of the molecule is CCCNC(C)C(C)Sc1nc2ccc(OCC)cc2[nH]1. The van der Waals surface area contributed by atoms with Crippen molar-refractivity contribution in [2.24, 2.45) is 0 Å². The van der Waals surface area contributed by atoms with E-state index in [9.17, 15) is 0 Å². The van der Waals surface area contributed by atoms with Crippen molar-refractivity contribution in [2.75, 3.05) is 13.2 Å². The van der Waals surface area contributed by atoms with Crippen LogP contribution in [0.25, 0.3) is 11.0 Å². The van der Waals surface area contributed by atoms with E-state index in [1.54, 1.807) is 11.8 Å². The normalized spacial score (nSPS) is 14.3. The Balaban J connectivity index is 2.05. The lowest BCUT2D eigenvalue weighted by Crippen LogP contribution is -2.34. The molecule has 0 aliphatic carbocycles. The molecule has 0 aliphatic heterocycles. The summed E-state index contributed by atoms with van der Waals surface area (Å²) < 4.78 is 5.52. The summed E-state index contributed by atoms with van der Waals surface area (Å²) in [6.07, 6.45) is 1.16. The van der Waals surface area contributed by atoms with Gasteiger partial charge in [-0.2, -0.15) is 0 Å². The number of fused-ring (bicyclic) bond motifs is 1. The van der Waals surface area contributed by atoms with Crippen molar-refractivity contribution in [2.45, 2.75) is 50.6 Å². The van der Waals surface area contributed by atoms with Crippen LogP contribution in [0.4, 0.5) is 0 Å². The second kappa shape index (κ2) is 7.71. The fourth-order valence-electron chi connectivity index (χ4n) is 2.09. The van der Waals surface area contributed by atoms with Crippen LogP contribution in [0, 0.1) is 0 Å². The quantitative estimate of drug-likeness (QED) is 0.728. The molecule has 0 fully saturated rings. The summed E-state index contributed by atoms with van der Waals surface area (Å²) in [4.78, 5) is 8.02. The Hall–Kier alpha value is -1.20. The molecule has 4 nitrogen and oxygen atoms in total. The van der Waals surface area contributed by atoms with E-state index in [-0.39, 0.29) is 0 Å². The van der Waals surface area contributed by atoms with E-state index in [1.165, 1.54) is 0 Å². The lowest BCUT2D eigenvalue weighted by Gasteiger charge is -2.19. The first kappa shape index (κ1) is 16.2. The molecule has 0 amide bonds. The van der Waals surface area contributed by atoms with Gasteiger partial charge in [0.2, 0.25) is 0 Å². The molecule has 1 aromatic carbocycles. The van der Waals surface area contributed by atoms with Gasteiger partial charge >= 0.3 is 0 Å². The molecular weight excluding hydrogens is 282 g/mol. The molecule has 2 aromatic rings. The van der Waals surface area contributed by atoms with Crippen LogP contribution in [0.5, 0.6) is 5.75 Å². The van der Waals surface area contributed by atoms with Crippen molar-refractivity contribution in [1.29, 1.82) is 0 Å². The molecule has 0 aliphatic rings. The highest BCUT2D eigenvalue weighted by Gasteiger charge is 2.15. The summed E-state index contributed by atoms with van der Waals surface area (Å²) in [5.74, 6) is 0.885. The number of benzene rings is 1. The number of ether oxygens (including phenoxy) is 1. The maximum Gasteiger partial charge on any atom is 0.166 e. The van der Waals surface area contributed by atoms with Gasteiger partial charge < -0.3 is 15.0 Å². The maximum absolute atomic E-state index is 5.52. The Labute approximate surface area is 131 Å². The average molecular weight is 307 g/mol. The summed E-state index contributed by atoms with van der Waals surface area (Å²) in [6.45, 7) is 10.4. The van der Waals surface area contributed by atoms with E-state index in [0.29, 0.717) is 17.9 Å². The number of nitrogens with one attached hydrogen (secondary N) is 2. The third-order valence-electron chi connectivity index (χ3n) is 3.46. The number of aromatic nitrogens is 2. The zero-order valence-electron chi connectivity index (χ0n) is 13.3. The Morgan fingerprint density at radius 3 is 2.86 bits per heavy atom. The third-order valence-corrected chi connectivity index (χ3v) is 4.66. The summed E-state index contributed by atoms with van der Waals surface area (Å²) >= 11 is 1.78. The Kier molecular flexibility index (Phi) is 5.94. The Morgan fingerprint density at radius 1 is 1.33 bits per heavy atom. The molecule has 0 spiro atoms. The predicted octanol–water partition coefficient (Wildman–Crippen LogP) is 3.83. The number of H-pyrrole nitrogens is 1. The first-order chi connectivity index (χ1) is 10.1. The molecular formula is C16H25N3OS. The fraction of sp³-hybridized carbons (Fsp3) is 0.562. The summed E-state index contributed by atoms with van der Waals surface area (Å²) in [6, 6.07) is 6.45. The second-order valence-electron chi connectivity index (χ2n) is 5.22. The van der Waals surface area contributed by atoms with Crippen molar-refractivity contribution >= 4 is 22.8 Å². The van der Waals surface area contributed by atoms with Gasteiger partial charge in [-0.15, -0.1) is 0 Å². The van der Waals surface area contributed by atoms with Crippen LogP contribution in [-0.4, -0.2) is 34.4 Å². The van der Waals surface area contributed by atoms with Crippen LogP contribution < -0.4 is 10.1 Å². The number of hydrogen-bond acceptors (Lipinski definition) is 4. The monoisotopic (exact) mass is 307 g/mol. The van der Waals surface area contributed by atoms with Gasteiger partial charge in [0.15, 0.2) is 5.16 Å². The fourth-order valence-corrected chi connectivity index (χ4v) is 3.07. The summed E-state index contributed by atoms with van der Waals surface area (Å²) in [5.41, 5.74) is 2.02. The number of aromatic amines is 1. The molecule has 0 radical (unpaired) electrons. The molecule has 2 rings (SSSR count). The average Bonchev–Trinajstić information content (AvgIpc) is 2.86. The van der Waals surface area contributed by atoms with Crippen LogP contribution in [-0.2, 0) is 0 Å². The first-order valence-corrected chi connectivity index (χ1v) is 8.54. The lowest BCUT2D eigenvalue weighted by molar-refractivity contribution is 0.340. The maximum atomic E-state index is 5.52. The van der Waals surface area contributed by atoms with Crippen molar-refractivity contribution < 1.29 is 4.74 Å². The van der Waals surface area contributed by atoms with E-state index in [1.807, 2.05) is 25.1 Å². The van der Waals surface area contributed by atoms with Crippen LogP contribution in [0.1, 0.15) is 34.1 Å². The molecule has 2 N–H and O–H groups in total. The van der Waals surface area contributed by atoms with Gasteiger partial charge in [0.05, 0.1) is 17.6 Å². The first-order valence-electron chi connectivity index (χ1n) is 7.66. The molecule has 2 unspecified atom stereocenters.